The van der Waals surface area contributed by atoms with Gasteiger partial charge in [-0.1, -0.05) is 13.8 Å². The molecule has 0 aromatic heterocycles. The lowest BCUT2D eigenvalue weighted by Crippen LogP contribution is -2.60. The Balaban J connectivity index is 2.67. The molecule has 0 aromatic carbocycles. The monoisotopic (exact) mass is 198 g/mol. The third kappa shape index (κ3) is 2.27. The van der Waals surface area contributed by atoms with Crippen molar-refractivity contribution in [1.29, 1.82) is 0 Å². The molecule has 1 amide bonds. The fraction of sp³-hybridized carbons (Fsp3) is 0.909. The summed E-state index contributed by atoms with van der Waals surface area (Å²) in [5, 5.41) is 0. The van der Waals surface area contributed by atoms with Gasteiger partial charge in [0.25, 0.3) is 0 Å². The van der Waals surface area contributed by atoms with Crippen LogP contribution >= 0.6 is 0 Å². The largest absolute Gasteiger partial charge is 0.335 e. The molecule has 1 aliphatic rings. The lowest BCUT2D eigenvalue weighted by molar-refractivity contribution is -0.140. The number of piperazine rings is 1. The van der Waals surface area contributed by atoms with Gasteiger partial charge in [0.2, 0.25) is 5.91 Å². The van der Waals surface area contributed by atoms with E-state index in [4.69, 9.17) is 0 Å². The molecule has 0 aliphatic carbocycles. The fourth-order valence-electron chi connectivity index (χ4n) is 2.18. The topological polar surface area (TPSA) is 23.6 Å². The molecule has 14 heavy (non-hydrogen) atoms. The molecule has 0 spiro atoms. The third-order valence-corrected chi connectivity index (χ3v) is 3.03. The Hall–Kier alpha value is -0.570. The van der Waals surface area contributed by atoms with Crippen LogP contribution in [0.2, 0.25) is 0 Å². The molecule has 1 rings (SSSR count). The van der Waals surface area contributed by atoms with Crippen molar-refractivity contribution in [3.8, 4) is 0 Å². The Morgan fingerprint density at radius 2 is 1.93 bits per heavy atom. The lowest BCUT2D eigenvalue weighted by Gasteiger charge is -2.47. The van der Waals surface area contributed by atoms with E-state index < -0.39 is 0 Å². The molecule has 1 fully saturated rings. The van der Waals surface area contributed by atoms with Gasteiger partial charge in [0.1, 0.15) is 0 Å². The van der Waals surface area contributed by atoms with Crippen LogP contribution in [0.25, 0.3) is 0 Å². The first-order valence-electron chi connectivity index (χ1n) is 5.54. The minimum atomic E-state index is 0.00134. The average molecular weight is 198 g/mol. The SMILES string of the molecule is CCC(=O)N1CCN(CC)CC1(C)C. The predicted octanol–water partition coefficient (Wildman–Crippen LogP) is 1.34. The number of hydrogen-bond acceptors (Lipinski definition) is 2. The van der Waals surface area contributed by atoms with E-state index in [1.54, 1.807) is 0 Å². The summed E-state index contributed by atoms with van der Waals surface area (Å²) in [6.45, 7) is 12.4. The van der Waals surface area contributed by atoms with E-state index in [1.165, 1.54) is 0 Å². The Morgan fingerprint density at radius 1 is 1.29 bits per heavy atom. The molecule has 0 N–H and O–H groups in total. The first kappa shape index (κ1) is 11.5. The van der Waals surface area contributed by atoms with Crippen LogP contribution in [0.5, 0.6) is 0 Å². The van der Waals surface area contributed by atoms with Crippen molar-refractivity contribution in [3.63, 3.8) is 0 Å². The predicted molar refractivity (Wildman–Crippen MR) is 58.2 cm³/mol. The fourth-order valence-corrected chi connectivity index (χ4v) is 2.18. The molecule has 0 radical (unpaired) electrons. The number of nitrogens with zero attached hydrogens (tertiary/aromatic N) is 2. The van der Waals surface area contributed by atoms with Crippen molar-refractivity contribution < 1.29 is 4.79 Å². The van der Waals surface area contributed by atoms with Crippen molar-refractivity contribution in [1.82, 2.24) is 9.80 Å². The Morgan fingerprint density at radius 3 is 2.36 bits per heavy atom. The van der Waals surface area contributed by atoms with E-state index in [-0.39, 0.29) is 11.4 Å². The highest BCUT2D eigenvalue weighted by Crippen LogP contribution is 2.21. The second-order valence-corrected chi connectivity index (χ2v) is 4.58. The second kappa shape index (κ2) is 4.30. The van der Waals surface area contributed by atoms with Crippen molar-refractivity contribution in [2.24, 2.45) is 0 Å². The maximum absolute atomic E-state index is 11.7. The summed E-state index contributed by atoms with van der Waals surface area (Å²) in [6, 6.07) is 0. The van der Waals surface area contributed by atoms with Gasteiger partial charge in [-0.05, 0) is 20.4 Å². The Bertz CT molecular complexity index is 213. The van der Waals surface area contributed by atoms with Gasteiger partial charge >= 0.3 is 0 Å². The highest BCUT2D eigenvalue weighted by Gasteiger charge is 2.35. The summed E-state index contributed by atoms with van der Waals surface area (Å²) >= 11 is 0. The first-order chi connectivity index (χ1) is 6.51. The van der Waals surface area contributed by atoms with Crippen LogP contribution < -0.4 is 0 Å². The summed E-state index contributed by atoms with van der Waals surface area (Å²) in [5.74, 6) is 0.283. The molecule has 3 heteroatoms. The van der Waals surface area contributed by atoms with Crippen LogP contribution in [-0.2, 0) is 4.79 Å². The van der Waals surface area contributed by atoms with Gasteiger partial charge < -0.3 is 4.90 Å². The third-order valence-electron chi connectivity index (χ3n) is 3.03. The van der Waals surface area contributed by atoms with Gasteiger partial charge in [0.05, 0.1) is 0 Å². The number of likely N-dealkylation sites (N-methyl/N-ethyl adjacent to an activating group) is 1. The molecular weight excluding hydrogens is 176 g/mol. The maximum Gasteiger partial charge on any atom is 0.222 e. The van der Waals surface area contributed by atoms with E-state index in [2.05, 4.69) is 25.7 Å². The van der Waals surface area contributed by atoms with Gasteiger partial charge in [-0.25, -0.2) is 0 Å². The van der Waals surface area contributed by atoms with E-state index in [1.807, 2.05) is 11.8 Å². The number of carbonyl (C=O) groups is 1. The van der Waals surface area contributed by atoms with Crippen LogP contribution in [-0.4, -0.2) is 47.4 Å². The van der Waals surface area contributed by atoms with Crippen LogP contribution in [0, 0.1) is 0 Å². The highest BCUT2D eigenvalue weighted by molar-refractivity contribution is 5.76. The quantitative estimate of drug-likeness (QED) is 0.668. The summed E-state index contributed by atoms with van der Waals surface area (Å²) in [4.78, 5) is 16.1. The zero-order valence-electron chi connectivity index (χ0n) is 9.84. The molecule has 3 nitrogen and oxygen atoms in total. The van der Waals surface area contributed by atoms with Crippen molar-refractivity contribution in [3.05, 3.63) is 0 Å². The maximum atomic E-state index is 11.7. The molecule has 1 heterocycles. The van der Waals surface area contributed by atoms with Crippen molar-refractivity contribution >= 4 is 5.91 Å². The van der Waals surface area contributed by atoms with E-state index in [0.717, 1.165) is 26.2 Å². The van der Waals surface area contributed by atoms with Gasteiger partial charge in [-0.2, -0.15) is 0 Å². The van der Waals surface area contributed by atoms with Crippen molar-refractivity contribution in [2.45, 2.75) is 39.7 Å². The number of rotatable bonds is 2. The van der Waals surface area contributed by atoms with Crippen LogP contribution in [0.3, 0.4) is 0 Å². The Labute approximate surface area is 87.1 Å². The number of carbonyl (C=O) groups excluding carboxylic acids is 1. The number of hydrogen-bond donors (Lipinski definition) is 0. The first-order valence-corrected chi connectivity index (χ1v) is 5.54. The van der Waals surface area contributed by atoms with Gasteiger partial charge in [-0.3, -0.25) is 9.69 Å². The van der Waals surface area contributed by atoms with Gasteiger partial charge in [0.15, 0.2) is 0 Å². The molecular formula is C11H22N2O. The summed E-state index contributed by atoms with van der Waals surface area (Å²) in [6.07, 6.45) is 0.621. The molecule has 1 aliphatic heterocycles. The zero-order valence-corrected chi connectivity index (χ0v) is 9.84. The van der Waals surface area contributed by atoms with E-state index in [0.29, 0.717) is 6.42 Å². The normalized spacial score (nSPS) is 22.4. The molecule has 82 valence electrons. The van der Waals surface area contributed by atoms with Gasteiger partial charge in [0, 0.05) is 31.6 Å². The minimum absolute atomic E-state index is 0.00134. The van der Waals surface area contributed by atoms with E-state index in [9.17, 15) is 4.79 Å². The standard InChI is InChI=1S/C11H22N2O/c1-5-10(14)13-8-7-12(6-2)9-11(13,3)4/h5-9H2,1-4H3. The molecule has 1 saturated heterocycles. The molecule has 0 saturated carbocycles. The Kier molecular flexibility index (Phi) is 3.53. The zero-order chi connectivity index (χ0) is 10.8. The van der Waals surface area contributed by atoms with Crippen LogP contribution in [0.4, 0.5) is 0 Å². The van der Waals surface area contributed by atoms with E-state index >= 15 is 0 Å². The number of amides is 1. The minimum Gasteiger partial charge on any atom is -0.335 e. The highest BCUT2D eigenvalue weighted by atomic mass is 16.2. The summed E-state index contributed by atoms with van der Waals surface area (Å²) in [5.41, 5.74) is 0.00134. The summed E-state index contributed by atoms with van der Waals surface area (Å²) < 4.78 is 0. The summed E-state index contributed by atoms with van der Waals surface area (Å²) in [7, 11) is 0. The van der Waals surface area contributed by atoms with Crippen LogP contribution in [0.15, 0.2) is 0 Å². The molecule has 0 bridgehead atoms. The molecule has 0 unspecified atom stereocenters. The molecule has 0 atom stereocenters. The smallest absolute Gasteiger partial charge is 0.222 e. The molecule has 0 aromatic rings. The van der Waals surface area contributed by atoms with Gasteiger partial charge in [-0.15, -0.1) is 0 Å². The van der Waals surface area contributed by atoms with Crippen molar-refractivity contribution in [2.75, 3.05) is 26.2 Å². The van der Waals surface area contributed by atoms with Crippen LogP contribution in [0.1, 0.15) is 34.1 Å². The average Bonchev–Trinajstić information content (AvgIpc) is 2.15. The lowest BCUT2D eigenvalue weighted by atomic mass is 9.98. The second-order valence-electron chi connectivity index (χ2n) is 4.58.